The van der Waals surface area contributed by atoms with E-state index in [2.05, 4.69) is 34.6 Å². The van der Waals surface area contributed by atoms with E-state index in [1.807, 2.05) is 0 Å². The molecule has 0 aliphatic carbocycles. The molecular formula is C21H44O3S. The summed E-state index contributed by atoms with van der Waals surface area (Å²) in [6, 6.07) is 0. The molecule has 0 rings (SSSR count). The highest BCUT2D eigenvalue weighted by atomic mass is 32.2. The molecule has 0 saturated carbocycles. The molecule has 0 aromatic carbocycles. The van der Waals surface area contributed by atoms with Gasteiger partial charge in [-0.25, -0.2) is 0 Å². The summed E-state index contributed by atoms with van der Waals surface area (Å²) < 4.78 is 26.7. The quantitative estimate of drug-likeness (QED) is 0.292. The molecule has 0 spiro atoms. The minimum atomic E-state index is -3.28. The Morgan fingerprint density at radius 3 is 1.36 bits per heavy atom. The third-order valence-corrected chi connectivity index (χ3v) is 5.77. The predicted octanol–water partition coefficient (Wildman–Crippen LogP) is 6.43. The Balaban J connectivity index is 3.58. The van der Waals surface area contributed by atoms with Gasteiger partial charge in [0.15, 0.2) is 0 Å². The first-order valence-electron chi connectivity index (χ1n) is 10.4. The molecule has 0 aromatic heterocycles. The topological polar surface area (TPSA) is 43.4 Å². The van der Waals surface area contributed by atoms with Crippen molar-refractivity contribution in [3.63, 3.8) is 0 Å². The molecule has 0 fully saturated rings. The van der Waals surface area contributed by atoms with Crippen LogP contribution in [0.4, 0.5) is 0 Å². The summed E-state index contributed by atoms with van der Waals surface area (Å²) in [5, 5.41) is 0. The van der Waals surface area contributed by atoms with Crippen molar-refractivity contribution >= 4 is 10.1 Å². The lowest BCUT2D eigenvalue weighted by Gasteiger charge is -2.16. The molecule has 0 N–H and O–H groups in total. The van der Waals surface area contributed by atoms with Crippen LogP contribution in [0, 0.1) is 23.7 Å². The second kappa shape index (κ2) is 14.0. The first-order chi connectivity index (χ1) is 11.6. The van der Waals surface area contributed by atoms with Gasteiger partial charge in [0.1, 0.15) is 0 Å². The van der Waals surface area contributed by atoms with Gasteiger partial charge in [-0.2, -0.15) is 8.42 Å². The molecule has 0 radical (unpaired) electrons. The summed E-state index contributed by atoms with van der Waals surface area (Å²) >= 11 is 0. The normalized spacial score (nSPS) is 16.1. The van der Waals surface area contributed by atoms with Crippen LogP contribution in [-0.2, 0) is 14.3 Å². The molecule has 0 aliphatic heterocycles. The molecule has 25 heavy (non-hydrogen) atoms. The number of hydrogen-bond donors (Lipinski definition) is 0. The summed E-state index contributed by atoms with van der Waals surface area (Å²) in [5.74, 6) is 3.06. The van der Waals surface area contributed by atoms with Crippen molar-refractivity contribution in [1.82, 2.24) is 0 Å². The molecule has 3 unspecified atom stereocenters. The molecule has 0 aromatic rings. The molecular weight excluding hydrogens is 332 g/mol. The number of hydrogen-bond acceptors (Lipinski definition) is 3. The fourth-order valence-electron chi connectivity index (χ4n) is 3.34. The molecule has 0 heterocycles. The van der Waals surface area contributed by atoms with E-state index in [0.29, 0.717) is 12.5 Å². The largest absolute Gasteiger partial charge is 0.270 e. The second-order valence-corrected chi connectivity index (χ2v) is 10.5. The van der Waals surface area contributed by atoms with Gasteiger partial charge in [0.2, 0.25) is 0 Å². The van der Waals surface area contributed by atoms with Crippen molar-refractivity contribution in [3.8, 4) is 0 Å². The molecule has 3 atom stereocenters. The van der Waals surface area contributed by atoms with Crippen molar-refractivity contribution in [3.05, 3.63) is 0 Å². The zero-order valence-corrected chi connectivity index (χ0v) is 18.5. The molecule has 0 bridgehead atoms. The average Bonchev–Trinajstić information content (AvgIpc) is 2.45. The standard InChI is InChI=1S/C21H44O3S/c1-18(2)10-7-11-19(3)12-8-13-20(4)14-9-15-21(5)16-17-24-25(6,22)23/h18-21H,7-17H2,1-6H3. The third kappa shape index (κ3) is 18.5. The highest BCUT2D eigenvalue weighted by Gasteiger charge is 2.09. The zero-order chi connectivity index (χ0) is 19.3. The van der Waals surface area contributed by atoms with Gasteiger partial charge in [-0.05, 0) is 30.1 Å². The molecule has 0 amide bonds. The first-order valence-corrected chi connectivity index (χ1v) is 12.3. The van der Waals surface area contributed by atoms with Gasteiger partial charge in [-0.3, -0.25) is 4.18 Å². The maximum absolute atomic E-state index is 10.9. The Bertz CT molecular complexity index is 403. The van der Waals surface area contributed by atoms with Gasteiger partial charge >= 0.3 is 0 Å². The predicted molar refractivity (Wildman–Crippen MR) is 109 cm³/mol. The molecule has 4 heteroatoms. The van der Waals surface area contributed by atoms with E-state index in [-0.39, 0.29) is 0 Å². The summed E-state index contributed by atoms with van der Waals surface area (Å²) in [4.78, 5) is 0. The van der Waals surface area contributed by atoms with Gasteiger partial charge in [0.25, 0.3) is 10.1 Å². The number of rotatable bonds is 16. The van der Waals surface area contributed by atoms with Crippen molar-refractivity contribution in [2.75, 3.05) is 12.9 Å². The molecule has 0 aliphatic rings. The monoisotopic (exact) mass is 376 g/mol. The molecule has 0 saturated heterocycles. The van der Waals surface area contributed by atoms with Gasteiger partial charge in [0.05, 0.1) is 12.9 Å². The minimum Gasteiger partial charge on any atom is -0.270 e. The van der Waals surface area contributed by atoms with E-state index in [1.165, 1.54) is 57.8 Å². The molecule has 152 valence electrons. The fraction of sp³-hybridized carbons (Fsp3) is 1.00. The average molecular weight is 377 g/mol. The Hall–Kier alpha value is -0.0900. The summed E-state index contributed by atoms with van der Waals surface area (Å²) in [7, 11) is -3.28. The Kier molecular flexibility index (Phi) is 14.0. The maximum Gasteiger partial charge on any atom is 0.264 e. The highest BCUT2D eigenvalue weighted by molar-refractivity contribution is 7.85. The van der Waals surface area contributed by atoms with Crippen molar-refractivity contribution in [2.24, 2.45) is 23.7 Å². The van der Waals surface area contributed by atoms with Crippen LogP contribution in [0.5, 0.6) is 0 Å². The fourth-order valence-corrected chi connectivity index (χ4v) is 3.74. The van der Waals surface area contributed by atoms with E-state index in [1.54, 1.807) is 0 Å². The third-order valence-electron chi connectivity index (χ3n) is 5.17. The van der Waals surface area contributed by atoms with Crippen LogP contribution in [0.15, 0.2) is 0 Å². The smallest absolute Gasteiger partial charge is 0.264 e. The lowest BCUT2D eigenvalue weighted by atomic mass is 9.91. The van der Waals surface area contributed by atoms with Crippen LogP contribution in [0.25, 0.3) is 0 Å². The van der Waals surface area contributed by atoms with Crippen LogP contribution in [-0.4, -0.2) is 21.3 Å². The lowest BCUT2D eigenvalue weighted by molar-refractivity contribution is 0.280. The van der Waals surface area contributed by atoms with E-state index < -0.39 is 10.1 Å². The van der Waals surface area contributed by atoms with E-state index >= 15 is 0 Å². The van der Waals surface area contributed by atoms with E-state index in [0.717, 1.165) is 30.4 Å². The van der Waals surface area contributed by atoms with Gasteiger partial charge in [-0.15, -0.1) is 0 Å². The van der Waals surface area contributed by atoms with E-state index in [4.69, 9.17) is 4.18 Å². The summed E-state index contributed by atoms with van der Waals surface area (Å²) in [6.45, 7) is 11.9. The van der Waals surface area contributed by atoms with Crippen molar-refractivity contribution < 1.29 is 12.6 Å². The van der Waals surface area contributed by atoms with Crippen molar-refractivity contribution in [1.29, 1.82) is 0 Å². The SMILES string of the molecule is CC(C)CCCC(C)CCCC(C)CCCC(C)CCOS(C)(=O)=O. The van der Waals surface area contributed by atoms with Crippen LogP contribution < -0.4 is 0 Å². The Morgan fingerprint density at radius 2 is 1.00 bits per heavy atom. The maximum atomic E-state index is 10.9. The summed E-state index contributed by atoms with van der Waals surface area (Å²) in [5.41, 5.74) is 0. The van der Waals surface area contributed by atoms with Crippen LogP contribution in [0.2, 0.25) is 0 Å². The second-order valence-electron chi connectivity index (χ2n) is 8.82. The highest BCUT2D eigenvalue weighted by Crippen LogP contribution is 2.22. The molecule has 3 nitrogen and oxygen atoms in total. The Labute approximate surface area is 158 Å². The van der Waals surface area contributed by atoms with Crippen LogP contribution >= 0.6 is 0 Å². The minimum absolute atomic E-state index is 0.324. The van der Waals surface area contributed by atoms with Crippen LogP contribution in [0.3, 0.4) is 0 Å². The summed E-state index contributed by atoms with van der Waals surface area (Å²) in [6.07, 6.45) is 13.9. The van der Waals surface area contributed by atoms with Crippen molar-refractivity contribution in [2.45, 2.75) is 98.8 Å². The lowest BCUT2D eigenvalue weighted by Crippen LogP contribution is -2.08. The van der Waals surface area contributed by atoms with Crippen LogP contribution in [0.1, 0.15) is 98.8 Å². The van der Waals surface area contributed by atoms with E-state index in [9.17, 15) is 8.42 Å². The zero-order valence-electron chi connectivity index (χ0n) is 17.7. The van der Waals surface area contributed by atoms with Gasteiger partial charge in [0, 0.05) is 0 Å². The first kappa shape index (κ1) is 24.9. The Morgan fingerprint density at radius 1 is 0.640 bits per heavy atom. The van der Waals surface area contributed by atoms with Gasteiger partial charge in [-0.1, -0.05) is 92.4 Å². The van der Waals surface area contributed by atoms with Gasteiger partial charge < -0.3 is 0 Å².